The predicted octanol–water partition coefficient (Wildman–Crippen LogP) is 4.01. The molecule has 0 aliphatic carbocycles. The van der Waals surface area contributed by atoms with Crippen LogP contribution in [-0.2, 0) is 6.42 Å². The van der Waals surface area contributed by atoms with E-state index in [1.807, 2.05) is 6.92 Å². The summed E-state index contributed by atoms with van der Waals surface area (Å²) in [7, 11) is 0. The normalized spacial score (nSPS) is 10.6. The predicted molar refractivity (Wildman–Crippen MR) is 79.4 cm³/mol. The Morgan fingerprint density at radius 1 is 1.30 bits per heavy atom. The highest BCUT2D eigenvalue weighted by Crippen LogP contribution is 2.28. The van der Waals surface area contributed by atoms with Crippen LogP contribution >= 0.6 is 15.9 Å². The van der Waals surface area contributed by atoms with Crippen LogP contribution in [-0.4, -0.2) is 9.97 Å². The molecule has 0 saturated heterocycles. The molecule has 0 unspecified atom stereocenters. The number of ether oxygens (including phenoxy) is 1. The van der Waals surface area contributed by atoms with Crippen molar-refractivity contribution in [2.24, 2.45) is 0 Å². The number of nitrogens with zero attached hydrogens (tertiary/aromatic N) is 2. The maximum atomic E-state index is 13.3. The second-order valence-corrected chi connectivity index (χ2v) is 5.33. The first-order valence-corrected chi connectivity index (χ1v) is 7.06. The van der Waals surface area contributed by atoms with Crippen LogP contribution in [0.5, 0.6) is 11.6 Å². The number of rotatable bonds is 4. The van der Waals surface area contributed by atoms with Gasteiger partial charge in [0.25, 0.3) is 0 Å². The lowest BCUT2D eigenvalue weighted by Crippen LogP contribution is -2.05. The monoisotopic (exact) mass is 339 g/mol. The number of aryl methyl sites for hydroxylation is 1. The van der Waals surface area contributed by atoms with Crippen LogP contribution < -0.4 is 10.5 Å². The number of nitrogens with two attached hydrogens (primary N) is 1. The first kappa shape index (κ1) is 14.7. The molecule has 6 heteroatoms. The highest BCUT2D eigenvalue weighted by atomic mass is 79.9. The van der Waals surface area contributed by atoms with E-state index in [4.69, 9.17) is 10.5 Å². The smallest absolute Gasteiger partial charge is 0.227 e. The van der Waals surface area contributed by atoms with Gasteiger partial charge in [-0.1, -0.05) is 22.9 Å². The van der Waals surface area contributed by atoms with E-state index in [0.29, 0.717) is 39.7 Å². The maximum absolute atomic E-state index is 13.3. The van der Waals surface area contributed by atoms with E-state index in [1.54, 1.807) is 13.0 Å². The highest BCUT2D eigenvalue weighted by molar-refractivity contribution is 9.10. The van der Waals surface area contributed by atoms with E-state index in [1.165, 1.54) is 12.1 Å². The SMILES string of the molecule is CCCc1nc(N)c(C)c(Oc2cc(F)cc(Br)c2)n1. The molecule has 0 spiro atoms. The topological polar surface area (TPSA) is 61.0 Å². The summed E-state index contributed by atoms with van der Waals surface area (Å²) >= 11 is 3.22. The van der Waals surface area contributed by atoms with Gasteiger partial charge in [0.05, 0.1) is 5.56 Å². The minimum absolute atomic E-state index is 0.360. The van der Waals surface area contributed by atoms with Crippen molar-refractivity contribution in [3.63, 3.8) is 0 Å². The van der Waals surface area contributed by atoms with Gasteiger partial charge in [0.2, 0.25) is 5.88 Å². The van der Waals surface area contributed by atoms with Crippen LogP contribution in [0.15, 0.2) is 22.7 Å². The standard InChI is InChI=1S/C14H15BrFN3O/c1-3-4-12-18-13(17)8(2)14(19-12)20-11-6-9(15)5-10(16)7-11/h5-7H,3-4H2,1-2H3,(H2,17,18,19). The third-order valence-corrected chi connectivity index (χ3v) is 3.17. The molecule has 106 valence electrons. The lowest BCUT2D eigenvalue weighted by molar-refractivity contribution is 0.450. The van der Waals surface area contributed by atoms with Gasteiger partial charge in [0.1, 0.15) is 23.2 Å². The molecule has 4 nitrogen and oxygen atoms in total. The Bertz CT molecular complexity index is 614. The Hall–Kier alpha value is -1.69. The second-order valence-electron chi connectivity index (χ2n) is 4.41. The first-order valence-electron chi connectivity index (χ1n) is 6.26. The Labute approximate surface area is 125 Å². The molecule has 0 aliphatic heterocycles. The van der Waals surface area contributed by atoms with Gasteiger partial charge in [-0.2, -0.15) is 4.98 Å². The average molecular weight is 340 g/mol. The minimum atomic E-state index is -0.386. The van der Waals surface area contributed by atoms with Crippen molar-refractivity contribution >= 4 is 21.7 Å². The number of aromatic nitrogens is 2. The lowest BCUT2D eigenvalue weighted by Gasteiger charge is -2.11. The third-order valence-electron chi connectivity index (χ3n) is 2.71. The molecule has 0 bridgehead atoms. The van der Waals surface area contributed by atoms with Gasteiger partial charge in [0, 0.05) is 17.0 Å². The molecule has 0 saturated carbocycles. The van der Waals surface area contributed by atoms with E-state index in [-0.39, 0.29) is 5.82 Å². The van der Waals surface area contributed by atoms with Gasteiger partial charge >= 0.3 is 0 Å². The Morgan fingerprint density at radius 3 is 2.70 bits per heavy atom. The lowest BCUT2D eigenvalue weighted by atomic mass is 10.3. The molecular weight excluding hydrogens is 325 g/mol. The number of nitrogen functional groups attached to an aromatic ring is 1. The summed E-state index contributed by atoms with van der Waals surface area (Å²) in [5, 5.41) is 0. The maximum Gasteiger partial charge on any atom is 0.227 e. The summed E-state index contributed by atoms with van der Waals surface area (Å²) < 4.78 is 19.6. The van der Waals surface area contributed by atoms with E-state index in [9.17, 15) is 4.39 Å². The van der Waals surface area contributed by atoms with Crippen molar-refractivity contribution in [3.05, 3.63) is 39.9 Å². The number of halogens is 2. The summed E-state index contributed by atoms with van der Waals surface area (Å²) in [4.78, 5) is 8.53. The molecule has 0 radical (unpaired) electrons. The van der Waals surface area contributed by atoms with Crippen molar-refractivity contribution in [2.75, 3.05) is 5.73 Å². The highest BCUT2D eigenvalue weighted by Gasteiger charge is 2.11. The van der Waals surface area contributed by atoms with Crippen LogP contribution in [0, 0.1) is 12.7 Å². The number of anilines is 1. The van der Waals surface area contributed by atoms with Crippen molar-refractivity contribution < 1.29 is 9.13 Å². The summed E-state index contributed by atoms with van der Waals surface area (Å²) in [6.07, 6.45) is 1.63. The van der Waals surface area contributed by atoms with Crippen LogP contribution in [0.4, 0.5) is 10.2 Å². The fraction of sp³-hybridized carbons (Fsp3) is 0.286. The van der Waals surface area contributed by atoms with E-state index in [2.05, 4.69) is 25.9 Å². The van der Waals surface area contributed by atoms with Gasteiger partial charge in [-0.25, -0.2) is 9.37 Å². The van der Waals surface area contributed by atoms with Crippen molar-refractivity contribution in [2.45, 2.75) is 26.7 Å². The zero-order valence-electron chi connectivity index (χ0n) is 11.3. The van der Waals surface area contributed by atoms with Crippen molar-refractivity contribution in [1.82, 2.24) is 9.97 Å². The van der Waals surface area contributed by atoms with Crippen LogP contribution in [0.25, 0.3) is 0 Å². The van der Waals surface area contributed by atoms with Crippen LogP contribution in [0.3, 0.4) is 0 Å². The first-order chi connectivity index (χ1) is 9.49. The van der Waals surface area contributed by atoms with E-state index in [0.717, 1.165) is 6.42 Å². The molecule has 1 heterocycles. The largest absolute Gasteiger partial charge is 0.438 e. The average Bonchev–Trinajstić information content (AvgIpc) is 2.34. The molecule has 2 aromatic rings. The molecule has 2 N–H and O–H groups in total. The molecule has 0 fully saturated rings. The summed E-state index contributed by atoms with van der Waals surface area (Å²) in [6.45, 7) is 3.80. The molecule has 0 aliphatic rings. The van der Waals surface area contributed by atoms with Gasteiger partial charge in [-0.05, 0) is 25.5 Å². The van der Waals surface area contributed by atoms with Crippen molar-refractivity contribution in [1.29, 1.82) is 0 Å². The number of hydrogen-bond donors (Lipinski definition) is 1. The number of benzene rings is 1. The second kappa shape index (κ2) is 6.17. The van der Waals surface area contributed by atoms with Crippen LogP contribution in [0.2, 0.25) is 0 Å². The van der Waals surface area contributed by atoms with Gasteiger partial charge in [-0.3, -0.25) is 0 Å². The zero-order chi connectivity index (χ0) is 14.7. The molecular formula is C14H15BrFN3O. The van der Waals surface area contributed by atoms with Gasteiger partial charge in [-0.15, -0.1) is 0 Å². The zero-order valence-corrected chi connectivity index (χ0v) is 12.9. The molecule has 2 rings (SSSR count). The summed E-state index contributed by atoms with van der Waals surface area (Å²) in [5.41, 5.74) is 6.49. The Morgan fingerprint density at radius 2 is 2.05 bits per heavy atom. The van der Waals surface area contributed by atoms with Crippen LogP contribution in [0.1, 0.15) is 24.7 Å². The molecule has 1 aromatic heterocycles. The molecule has 1 aromatic carbocycles. The minimum Gasteiger partial charge on any atom is -0.438 e. The molecule has 0 amide bonds. The fourth-order valence-corrected chi connectivity index (χ4v) is 2.14. The quantitative estimate of drug-likeness (QED) is 0.913. The summed E-state index contributed by atoms with van der Waals surface area (Å²) in [5.74, 6) is 1.34. The van der Waals surface area contributed by atoms with E-state index < -0.39 is 0 Å². The van der Waals surface area contributed by atoms with Crippen molar-refractivity contribution in [3.8, 4) is 11.6 Å². The number of hydrogen-bond acceptors (Lipinski definition) is 4. The Kier molecular flexibility index (Phi) is 4.54. The molecule has 20 heavy (non-hydrogen) atoms. The summed E-state index contributed by atoms with van der Waals surface area (Å²) in [6, 6.07) is 4.32. The van der Waals surface area contributed by atoms with E-state index >= 15 is 0 Å². The third kappa shape index (κ3) is 3.45. The molecule has 0 atom stereocenters. The van der Waals surface area contributed by atoms with Gasteiger partial charge in [0.15, 0.2) is 0 Å². The Balaban J connectivity index is 2.36. The van der Waals surface area contributed by atoms with Gasteiger partial charge < -0.3 is 10.5 Å². The fourth-order valence-electron chi connectivity index (χ4n) is 1.69.